The van der Waals surface area contributed by atoms with Crippen molar-refractivity contribution in [2.75, 3.05) is 77.0 Å². The highest BCUT2D eigenvalue weighted by atomic mass is 32.2. The van der Waals surface area contributed by atoms with Crippen LogP contribution < -0.4 is 10.2 Å². The normalized spacial score (nSPS) is 17.1. The van der Waals surface area contributed by atoms with Gasteiger partial charge < -0.3 is 19.9 Å². The number of aromatic nitrogens is 1. The minimum Gasteiger partial charge on any atom is -0.450 e. The molecule has 1 N–H and O–H groups in total. The SMILES string of the molecule is CCOC(=O)N1CCN(S(=O)(=O)c2ccc(C(=O)NCCN3CCN(c4nc5c(F)cccc5s4)CC3)cc2)CC1. The van der Waals surface area contributed by atoms with Crippen LogP contribution >= 0.6 is 11.3 Å². The molecule has 0 unspecified atom stereocenters. The number of thiazole rings is 1. The predicted molar refractivity (Wildman–Crippen MR) is 154 cm³/mol. The van der Waals surface area contributed by atoms with E-state index in [2.05, 4.69) is 20.1 Å². The Morgan fingerprint density at radius 2 is 1.71 bits per heavy atom. The zero-order valence-electron chi connectivity index (χ0n) is 22.8. The molecule has 2 saturated heterocycles. The summed E-state index contributed by atoms with van der Waals surface area (Å²) in [5.41, 5.74) is 0.793. The van der Waals surface area contributed by atoms with Gasteiger partial charge in [0, 0.05) is 71.0 Å². The summed E-state index contributed by atoms with van der Waals surface area (Å²) in [6.45, 7) is 7.13. The number of para-hydroxylation sites is 1. The molecule has 220 valence electrons. The van der Waals surface area contributed by atoms with Crippen LogP contribution in [-0.2, 0) is 14.8 Å². The minimum absolute atomic E-state index is 0.104. The number of amides is 2. The Bertz CT molecular complexity index is 1480. The molecular weight excluding hydrogens is 571 g/mol. The summed E-state index contributed by atoms with van der Waals surface area (Å²) in [5.74, 6) is -0.575. The van der Waals surface area contributed by atoms with Crippen molar-refractivity contribution in [3.63, 3.8) is 0 Å². The Kier molecular flexibility index (Phi) is 9.02. The molecule has 41 heavy (non-hydrogen) atoms. The molecular formula is C27H33FN6O5S2. The maximum absolute atomic E-state index is 14.0. The second-order valence-electron chi connectivity index (χ2n) is 9.78. The molecule has 0 aliphatic carbocycles. The van der Waals surface area contributed by atoms with Crippen molar-refractivity contribution in [1.29, 1.82) is 0 Å². The predicted octanol–water partition coefficient (Wildman–Crippen LogP) is 2.45. The van der Waals surface area contributed by atoms with E-state index < -0.39 is 16.1 Å². The Balaban J connectivity index is 1.06. The number of piperazine rings is 2. The monoisotopic (exact) mass is 604 g/mol. The molecule has 1 aromatic heterocycles. The number of ether oxygens (including phenoxy) is 1. The molecule has 0 atom stereocenters. The van der Waals surface area contributed by atoms with E-state index in [-0.39, 0.29) is 49.4 Å². The first-order valence-corrected chi connectivity index (χ1v) is 15.8. The molecule has 0 spiro atoms. The zero-order chi connectivity index (χ0) is 29.0. The number of nitrogens with one attached hydrogen (secondary N) is 1. The van der Waals surface area contributed by atoms with Crippen LogP contribution in [0.25, 0.3) is 10.2 Å². The molecule has 2 amide bonds. The molecule has 3 aromatic rings. The molecule has 0 radical (unpaired) electrons. The number of nitrogens with zero attached hydrogens (tertiary/aromatic N) is 5. The number of benzene rings is 2. The van der Waals surface area contributed by atoms with Gasteiger partial charge in [0.25, 0.3) is 5.91 Å². The van der Waals surface area contributed by atoms with Crippen molar-refractivity contribution >= 4 is 48.7 Å². The fraction of sp³-hybridized carbons (Fsp3) is 0.444. The van der Waals surface area contributed by atoms with Crippen molar-refractivity contribution in [1.82, 2.24) is 24.4 Å². The van der Waals surface area contributed by atoms with Gasteiger partial charge in [-0.05, 0) is 43.3 Å². The van der Waals surface area contributed by atoms with Crippen LogP contribution in [0.15, 0.2) is 47.4 Å². The van der Waals surface area contributed by atoms with Crippen molar-refractivity contribution in [2.24, 2.45) is 0 Å². The third-order valence-corrected chi connectivity index (χ3v) is 10.2. The number of hydrogen-bond acceptors (Lipinski definition) is 9. The zero-order valence-corrected chi connectivity index (χ0v) is 24.4. The van der Waals surface area contributed by atoms with Crippen LogP contribution in [0.5, 0.6) is 0 Å². The van der Waals surface area contributed by atoms with Gasteiger partial charge in [0.05, 0.1) is 16.2 Å². The van der Waals surface area contributed by atoms with Crippen molar-refractivity contribution in [3.8, 4) is 0 Å². The van der Waals surface area contributed by atoms with E-state index in [9.17, 15) is 22.4 Å². The van der Waals surface area contributed by atoms with Gasteiger partial charge in [0.1, 0.15) is 11.3 Å². The largest absolute Gasteiger partial charge is 0.450 e. The lowest BCUT2D eigenvalue weighted by Crippen LogP contribution is -2.50. The summed E-state index contributed by atoms with van der Waals surface area (Å²) < 4.78 is 47.3. The number of rotatable bonds is 8. The Hall–Kier alpha value is -3.33. The number of carbonyl (C=O) groups excluding carboxylic acids is 2. The Morgan fingerprint density at radius 3 is 2.37 bits per heavy atom. The van der Waals surface area contributed by atoms with Crippen molar-refractivity contribution < 1.29 is 27.1 Å². The summed E-state index contributed by atoms with van der Waals surface area (Å²) in [6, 6.07) is 10.9. The van der Waals surface area contributed by atoms with Crippen molar-refractivity contribution in [3.05, 3.63) is 53.8 Å². The van der Waals surface area contributed by atoms with Gasteiger partial charge in [0.15, 0.2) is 5.13 Å². The quantitative estimate of drug-likeness (QED) is 0.417. The first kappa shape index (κ1) is 29.2. The second-order valence-corrected chi connectivity index (χ2v) is 12.7. The van der Waals surface area contributed by atoms with E-state index in [1.54, 1.807) is 13.0 Å². The molecule has 5 rings (SSSR count). The molecule has 2 aliphatic heterocycles. The van der Waals surface area contributed by atoms with E-state index in [1.807, 2.05) is 6.07 Å². The fourth-order valence-electron chi connectivity index (χ4n) is 4.88. The maximum Gasteiger partial charge on any atom is 0.409 e. The highest BCUT2D eigenvalue weighted by Gasteiger charge is 2.30. The van der Waals surface area contributed by atoms with E-state index in [4.69, 9.17) is 4.74 Å². The molecule has 0 saturated carbocycles. The number of sulfonamides is 1. The third-order valence-electron chi connectivity index (χ3n) is 7.23. The Labute approximate surface area is 242 Å². The number of halogens is 1. The van der Waals surface area contributed by atoms with Crippen molar-refractivity contribution in [2.45, 2.75) is 11.8 Å². The summed E-state index contributed by atoms with van der Waals surface area (Å²) in [5, 5.41) is 3.73. The number of hydrogen-bond donors (Lipinski definition) is 1. The number of fused-ring (bicyclic) bond motifs is 1. The van der Waals surface area contributed by atoms with Crippen LogP contribution in [0.4, 0.5) is 14.3 Å². The second kappa shape index (κ2) is 12.7. The number of anilines is 1. The first-order chi connectivity index (χ1) is 19.8. The highest BCUT2D eigenvalue weighted by Crippen LogP contribution is 2.30. The fourth-order valence-corrected chi connectivity index (χ4v) is 7.34. The van der Waals surface area contributed by atoms with Gasteiger partial charge in [-0.15, -0.1) is 0 Å². The molecule has 14 heteroatoms. The van der Waals surface area contributed by atoms with Gasteiger partial charge in [-0.25, -0.2) is 22.6 Å². The summed E-state index contributed by atoms with van der Waals surface area (Å²) >= 11 is 1.49. The highest BCUT2D eigenvalue weighted by molar-refractivity contribution is 7.89. The number of carbonyl (C=O) groups is 2. The van der Waals surface area contributed by atoms with Crippen LogP contribution in [0, 0.1) is 5.82 Å². The Morgan fingerprint density at radius 1 is 1.00 bits per heavy atom. The molecule has 2 aromatic carbocycles. The van der Waals surface area contributed by atoms with Crippen LogP contribution in [0.1, 0.15) is 17.3 Å². The van der Waals surface area contributed by atoms with Crippen LogP contribution in [0.2, 0.25) is 0 Å². The summed E-state index contributed by atoms with van der Waals surface area (Å²) in [6.07, 6.45) is -0.440. The smallest absolute Gasteiger partial charge is 0.409 e. The van der Waals surface area contributed by atoms with E-state index in [1.165, 1.54) is 50.9 Å². The van der Waals surface area contributed by atoms with Crippen LogP contribution in [-0.4, -0.2) is 112 Å². The van der Waals surface area contributed by atoms with E-state index in [0.29, 0.717) is 24.2 Å². The minimum atomic E-state index is -3.74. The first-order valence-electron chi connectivity index (χ1n) is 13.6. The standard InChI is InChI=1S/C27H33FN6O5S2/c1-2-39-27(36)33-16-18-34(19-17-33)41(37,38)21-8-6-20(7-9-21)25(35)29-10-11-31-12-14-32(15-13-31)26-30-24-22(28)4-3-5-23(24)40-26/h3-9H,2,10-19H2,1H3,(H,29,35). The molecule has 11 nitrogen and oxygen atoms in total. The topological polar surface area (TPSA) is 115 Å². The molecule has 2 aliphatic rings. The lowest BCUT2D eigenvalue weighted by Gasteiger charge is -2.34. The van der Waals surface area contributed by atoms with Gasteiger partial charge in [0.2, 0.25) is 10.0 Å². The lowest BCUT2D eigenvalue weighted by molar-refractivity contribution is 0.0932. The maximum atomic E-state index is 14.0. The van der Waals surface area contributed by atoms with E-state index >= 15 is 0 Å². The van der Waals surface area contributed by atoms with E-state index in [0.717, 1.165) is 36.0 Å². The average molecular weight is 605 g/mol. The van der Waals surface area contributed by atoms with Gasteiger partial charge >= 0.3 is 6.09 Å². The van der Waals surface area contributed by atoms with Gasteiger partial charge in [-0.3, -0.25) is 9.69 Å². The summed E-state index contributed by atoms with van der Waals surface area (Å²) in [4.78, 5) is 35.0. The molecule has 3 heterocycles. The van der Waals surface area contributed by atoms with Crippen LogP contribution in [0.3, 0.4) is 0 Å². The third kappa shape index (κ3) is 6.61. The van der Waals surface area contributed by atoms with Gasteiger partial charge in [-0.1, -0.05) is 17.4 Å². The lowest BCUT2D eigenvalue weighted by atomic mass is 10.2. The molecule has 2 fully saturated rings. The van der Waals surface area contributed by atoms with Gasteiger partial charge in [-0.2, -0.15) is 4.31 Å². The molecule has 0 bridgehead atoms. The average Bonchev–Trinajstić information content (AvgIpc) is 3.44. The summed E-state index contributed by atoms with van der Waals surface area (Å²) in [7, 11) is -3.74.